The summed E-state index contributed by atoms with van der Waals surface area (Å²) in [4.78, 5) is 20.7. The monoisotopic (exact) mass is 537 g/mol. The summed E-state index contributed by atoms with van der Waals surface area (Å²) in [5.74, 6) is -0.166. The Bertz CT molecular complexity index is 864. The highest BCUT2D eigenvalue weighted by molar-refractivity contribution is 5.72. The number of aliphatic hydroxyl groups is 3. The normalized spacial score (nSPS) is 45.3. The molecule has 8 nitrogen and oxygen atoms in total. The van der Waals surface area contributed by atoms with Crippen molar-refractivity contribution in [3.8, 4) is 0 Å². The number of carboxylic acid groups (broad SMARTS) is 2. The quantitative estimate of drug-likeness (QED) is 0.268. The van der Waals surface area contributed by atoms with E-state index in [1.807, 2.05) is 6.08 Å². The number of aliphatic carboxylic acids is 2. The van der Waals surface area contributed by atoms with Gasteiger partial charge in [0.2, 0.25) is 0 Å². The van der Waals surface area contributed by atoms with Crippen molar-refractivity contribution in [3.05, 3.63) is 12.7 Å². The zero-order valence-electron chi connectivity index (χ0n) is 23.6. The summed E-state index contributed by atoms with van der Waals surface area (Å²) < 4.78 is 0. The van der Waals surface area contributed by atoms with Crippen molar-refractivity contribution in [2.24, 2.45) is 58.0 Å². The first kappa shape index (κ1) is 31.1. The lowest BCUT2D eigenvalue weighted by molar-refractivity contribution is -0.227. The Morgan fingerprint density at radius 3 is 2.21 bits per heavy atom. The van der Waals surface area contributed by atoms with Crippen molar-refractivity contribution >= 4 is 11.9 Å². The first-order valence-electron chi connectivity index (χ1n) is 14.5. The summed E-state index contributed by atoms with van der Waals surface area (Å²) in [7, 11) is 0. The minimum atomic E-state index is -0.963. The third kappa shape index (κ3) is 5.56. The third-order valence-corrected chi connectivity index (χ3v) is 11.4. The van der Waals surface area contributed by atoms with Crippen molar-refractivity contribution in [1.82, 2.24) is 0 Å². The Morgan fingerprint density at radius 2 is 1.66 bits per heavy atom. The van der Waals surface area contributed by atoms with E-state index in [1.54, 1.807) is 0 Å². The number of fused-ring (bicyclic) bond motifs is 5. The molecule has 0 spiro atoms. The Morgan fingerprint density at radius 1 is 1.03 bits per heavy atom. The number of allylic oxidation sites excluding steroid dienone is 1. The van der Waals surface area contributed by atoms with Crippen molar-refractivity contribution in [3.63, 3.8) is 0 Å². The van der Waals surface area contributed by atoms with Crippen molar-refractivity contribution in [2.75, 3.05) is 0 Å². The summed E-state index contributed by atoms with van der Waals surface area (Å²) in [6.07, 6.45) is 7.55. The fourth-order valence-corrected chi connectivity index (χ4v) is 9.41. The van der Waals surface area contributed by atoms with E-state index in [-0.39, 0.29) is 64.8 Å². The number of carboxylic acids is 2. The van der Waals surface area contributed by atoms with Gasteiger partial charge in [0.15, 0.2) is 0 Å². The number of aliphatic hydroxyl groups excluding tert-OH is 3. The second-order valence-electron chi connectivity index (χ2n) is 13.3. The maximum absolute atomic E-state index is 11.8. The van der Waals surface area contributed by atoms with Crippen LogP contribution in [-0.2, 0) is 9.59 Å². The van der Waals surface area contributed by atoms with E-state index < -0.39 is 30.2 Å². The average molecular weight is 538 g/mol. The standard InChI is InChI=1S/C27H44O5.C3H7NO2/c1-5-6-17-20-13-16(28)11-12-26(20,3)21-14-22(29)27(4)18(15(2)7-10-23(30)31)8-9-19(27)24(21)25(17)32;1-2(4)3(5)6/h5,15-22,24-25,28-29,32H,1,6-14H2,2-4H3,(H,30,31);2H,4H2,1H3,(H,5,6)/t15-,16-,17-,18+,19+,20+,21+,22+,24+,25-,26+,27-;/m1./s1. The van der Waals surface area contributed by atoms with Gasteiger partial charge in [0.1, 0.15) is 6.04 Å². The Hall–Kier alpha value is -1.48. The van der Waals surface area contributed by atoms with Gasteiger partial charge in [0.05, 0.1) is 18.3 Å². The van der Waals surface area contributed by atoms with E-state index in [0.717, 1.165) is 38.5 Å². The lowest BCUT2D eigenvalue weighted by atomic mass is 9.41. The minimum absolute atomic E-state index is 0.0200. The van der Waals surface area contributed by atoms with Gasteiger partial charge in [-0.25, -0.2) is 0 Å². The molecule has 218 valence electrons. The summed E-state index contributed by atoms with van der Waals surface area (Å²) in [5.41, 5.74) is 4.57. The molecule has 0 radical (unpaired) electrons. The smallest absolute Gasteiger partial charge is 0.320 e. The van der Waals surface area contributed by atoms with Gasteiger partial charge in [-0.3, -0.25) is 9.59 Å². The van der Waals surface area contributed by atoms with Crippen LogP contribution in [0.2, 0.25) is 0 Å². The number of nitrogens with two attached hydrogens (primary N) is 1. The highest BCUT2D eigenvalue weighted by Crippen LogP contribution is 2.69. The molecular weight excluding hydrogens is 486 g/mol. The Labute approximate surface area is 227 Å². The van der Waals surface area contributed by atoms with Gasteiger partial charge in [0.25, 0.3) is 0 Å². The summed E-state index contributed by atoms with van der Waals surface area (Å²) in [6.45, 7) is 12.1. The maximum atomic E-state index is 11.8. The fraction of sp³-hybridized carbons (Fsp3) is 0.867. The molecule has 0 bridgehead atoms. The molecule has 7 N–H and O–H groups in total. The number of rotatable bonds is 7. The second kappa shape index (κ2) is 11.9. The van der Waals surface area contributed by atoms with E-state index in [9.17, 15) is 30.0 Å². The second-order valence-corrected chi connectivity index (χ2v) is 13.3. The summed E-state index contributed by atoms with van der Waals surface area (Å²) >= 11 is 0. The lowest BCUT2D eigenvalue weighted by Crippen LogP contribution is -2.65. The molecule has 4 saturated carbocycles. The van der Waals surface area contributed by atoms with Crippen LogP contribution < -0.4 is 5.73 Å². The molecule has 8 heteroatoms. The van der Waals surface area contributed by atoms with Gasteiger partial charge in [-0.05, 0) is 111 Å². The Kier molecular flexibility index (Phi) is 9.76. The third-order valence-electron chi connectivity index (χ3n) is 11.4. The largest absolute Gasteiger partial charge is 0.481 e. The minimum Gasteiger partial charge on any atom is -0.481 e. The van der Waals surface area contributed by atoms with Gasteiger partial charge in [0, 0.05) is 6.42 Å². The first-order valence-corrected chi connectivity index (χ1v) is 14.5. The zero-order chi connectivity index (χ0) is 28.6. The topological polar surface area (TPSA) is 161 Å². The highest BCUT2D eigenvalue weighted by atomic mass is 16.4. The predicted octanol–water partition coefficient (Wildman–Crippen LogP) is 3.67. The highest BCUT2D eigenvalue weighted by Gasteiger charge is 2.67. The molecule has 0 aromatic heterocycles. The van der Waals surface area contributed by atoms with Crippen LogP contribution in [0.25, 0.3) is 0 Å². The van der Waals surface area contributed by atoms with Crippen LogP contribution in [0.3, 0.4) is 0 Å². The van der Waals surface area contributed by atoms with E-state index in [2.05, 4.69) is 27.4 Å². The summed E-state index contributed by atoms with van der Waals surface area (Å²) in [6, 6.07) is -0.731. The molecule has 0 aliphatic heterocycles. The van der Waals surface area contributed by atoms with E-state index in [0.29, 0.717) is 12.8 Å². The molecule has 13 atom stereocenters. The molecule has 0 amide bonds. The van der Waals surface area contributed by atoms with Gasteiger partial charge in [-0.15, -0.1) is 6.58 Å². The van der Waals surface area contributed by atoms with Gasteiger partial charge in [-0.2, -0.15) is 0 Å². The van der Waals surface area contributed by atoms with E-state index >= 15 is 0 Å². The first-order chi connectivity index (χ1) is 17.7. The molecule has 4 rings (SSSR count). The fourth-order valence-electron chi connectivity index (χ4n) is 9.41. The average Bonchev–Trinajstić information content (AvgIpc) is 3.20. The van der Waals surface area contributed by atoms with Crippen LogP contribution in [0.4, 0.5) is 0 Å². The molecule has 0 aromatic carbocycles. The molecule has 1 unspecified atom stereocenters. The molecule has 4 fully saturated rings. The molecule has 0 saturated heterocycles. The van der Waals surface area contributed by atoms with E-state index in [1.165, 1.54) is 6.92 Å². The van der Waals surface area contributed by atoms with Gasteiger partial charge in [-0.1, -0.05) is 26.8 Å². The van der Waals surface area contributed by atoms with Crippen LogP contribution in [0.15, 0.2) is 12.7 Å². The zero-order valence-corrected chi connectivity index (χ0v) is 23.6. The SMILES string of the molecule is C=CC[C@H]1[C@@H](O)[C@@H]2[C@H](C[C@H](O)[C@@]3(C)[C@H]2CC[C@H]3[C@H](C)CCC(=O)O)[C@@]2(C)CC[C@@H](O)C[C@@H]12.CC(N)C(=O)O. The van der Waals surface area contributed by atoms with Crippen LogP contribution in [0, 0.1) is 52.3 Å². The van der Waals surface area contributed by atoms with Crippen molar-refractivity contribution in [2.45, 2.75) is 110 Å². The number of carbonyl (C=O) groups is 2. The number of hydrogen-bond acceptors (Lipinski definition) is 6. The van der Waals surface area contributed by atoms with Crippen LogP contribution in [0.5, 0.6) is 0 Å². The molecular formula is C30H51NO7. The van der Waals surface area contributed by atoms with Crippen LogP contribution in [-0.4, -0.2) is 61.8 Å². The van der Waals surface area contributed by atoms with Crippen molar-refractivity contribution < 1.29 is 35.1 Å². The van der Waals surface area contributed by atoms with Crippen LogP contribution >= 0.6 is 0 Å². The molecule has 4 aliphatic carbocycles. The van der Waals surface area contributed by atoms with E-state index in [4.69, 9.17) is 10.8 Å². The van der Waals surface area contributed by atoms with Gasteiger partial charge >= 0.3 is 11.9 Å². The predicted molar refractivity (Wildman–Crippen MR) is 145 cm³/mol. The lowest BCUT2D eigenvalue weighted by Gasteiger charge is -2.65. The maximum Gasteiger partial charge on any atom is 0.320 e. The Balaban J connectivity index is 0.000000599. The van der Waals surface area contributed by atoms with Crippen LogP contribution in [0.1, 0.15) is 85.5 Å². The molecule has 0 aromatic rings. The van der Waals surface area contributed by atoms with Crippen molar-refractivity contribution in [1.29, 1.82) is 0 Å². The molecule has 38 heavy (non-hydrogen) atoms. The molecule has 4 aliphatic rings. The number of hydrogen-bond donors (Lipinski definition) is 6. The van der Waals surface area contributed by atoms with Gasteiger partial charge < -0.3 is 31.3 Å². The summed E-state index contributed by atoms with van der Waals surface area (Å²) in [5, 5.41) is 50.9. The molecule has 0 heterocycles.